The third-order valence-corrected chi connectivity index (χ3v) is 10.7. The Kier molecular flexibility index (Phi) is 7.11. The van der Waals surface area contributed by atoms with Gasteiger partial charge in [-0.1, -0.05) is 25.1 Å². The number of methoxy groups -OCH3 is 2. The summed E-state index contributed by atoms with van der Waals surface area (Å²) in [5.41, 5.74) is 5.38. The molecule has 0 bridgehead atoms. The van der Waals surface area contributed by atoms with Gasteiger partial charge >= 0.3 is 5.97 Å². The van der Waals surface area contributed by atoms with Gasteiger partial charge in [0.1, 0.15) is 16.5 Å². The molecule has 3 aliphatic carbocycles. The van der Waals surface area contributed by atoms with Crippen molar-refractivity contribution in [2.45, 2.75) is 63.7 Å². The van der Waals surface area contributed by atoms with Gasteiger partial charge in [-0.15, -0.1) is 11.3 Å². The van der Waals surface area contributed by atoms with Crippen LogP contribution in [-0.2, 0) is 34.2 Å². The maximum atomic E-state index is 13.4. The van der Waals surface area contributed by atoms with Crippen LogP contribution >= 0.6 is 11.3 Å². The van der Waals surface area contributed by atoms with Crippen molar-refractivity contribution in [3.05, 3.63) is 75.2 Å². The Bertz CT molecular complexity index is 1440. The van der Waals surface area contributed by atoms with Gasteiger partial charge in [0.25, 0.3) is 0 Å². The summed E-state index contributed by atoms with van der Waals surface area (Å²) in [6.45, 7) is 4.48. The molecule has 6 nitrogen and oxygen atoms in total. The van der Waals surface area contributed by atoms with Crippen molar-refractivity contribution in [2.24, 2.45) is 11.8 Å². The molecule has 0 aliphatic heterocycles. The number of anilines is 1. The van der Waals surface area contributed by atoms with Crippen LogP contribution < -0.4 is 14.8 Å². The van der Waals surface area contributed by atoms with Crippen LogP contribution in [0.15, 0.2) is 42.5 Å². The first-order valence-corrected chi connectivity index (χ1v) is 15.1. The van der Waals surface area contributed by atoms with Crippen molar-refractivity contribution in [3.8, 4) is 11.5 Å². The number of benzene rings is 2. The lowest BCUT2D eigenvalue weighted by Crippen LogP contribution is -2.43. The number of carbonyl (C=O) groups excluding carboxylic acids is 2. The predicted molar refractivity (Wildman–Crippen MR) is 157 cm³/mol. The van der Waals surface area contributed by atoms with Crippen molar-refractivity contribution in [2.75, 3.05) is 26.1 Å². The number of rotatable bonds is 7. The maximum Gasteiger partial charge on any atom is 0.341 e. The predicted octanol–water partition coefficient (Wildman–Crippen LogP) is 6.69. The summed E-state index contributed by atoms with van der Waals surface area (Å²) >= 11 is 1.57. The molecule has 1 saturated carbocycles. The number of thiophene rings is 1. The van der Waals surface area contributed by atoms with Crippen LogP contribution in [0.5, 0.6) is 11.5 Å². The molecule has 210 valence electrons. The molecule has 0 saturated heterocycles. The molecule has 1 fully saturated rings. The molecule has 40 heavy (non-hydrogen) atoms. The first-order chi connectivity index (χ1) is 19.4. The van der Waals surface area contributed by atoms with Gasteiger partial charge in [-0.05, 0) is 109 Å². The van der Waals surface area contributed by atoms with Gasteiger partial charge in [-0.2, -0.15) is 0 Å². The molecule has 0 spiro atoms. The van der Waals surface area contributed by atoms with Crippen LogP contribution in [-0.4, -0.2) is 32.7 Å². The summed E-state index contributed by atoms with van der Waals surface area (Å²) in [5, 5.41) is 3.71. The lowest BCUT2D eigenvalue weighted by atomic mass is 9.54. The van der Waals surface area contributed by atoms with Gasteiger partial charge in [-0.25, -0.2) is 4.79 Å². The molecule has 1 heterocycles. The molecule has 1 aromatic heterocycles. The Hall–Kier alpha value is -3.32. The van der Waals surface area contributed by atoms with E-state index in [1.807, 2.05) is 31.2 Å². The minimum Gasteiger partial charge on any atom is -0.497 e. The van der Waals surface area contributed by atoms with Crippen molar-refractivity contribution < 1.29 is 23.8 Å². The average Bonchev–Trinajstić information content (AvgIpc) is 3.46. The molecule has 1 amide bonds. The van der Waals surface area contributed by atoms with E-state index in [0.717, 1.165) is 54.7 Å². The molecule has 0 unspecified atom stereocenters. The van der Waals surface area contributed by atoms with Crippen LogP contribution in [0.4, 0.5) is 5.00 Å². The number of aryl methyl sites for hydroxylation is 1. The minimum atomic E-state index is -0.329. The maximum absolute atomic E-state index is 13.4. The van der Waals surface area contributed by atoms with Gasteiger partial charge in [0.05, 0.1) is 32.8 Å². The van der Waals surface area contributed by atoms with Crippen molar-refractivity contribution >= 4 is 28.2 Å². The standard InChI is InChI=1S/C33H37NO5S/c1-5-39-32(36)29-30-27(40-31(29)34-28(35)16-19-6-9-21(37-3)10-7-19)18-26-25-12-8-20-17-22(38-4)11-13-23(20)24(25)14-15-33(26,30)2/h6-7,9-11,13,17,24-26H,5,8,12,14-16,18H2,1-4H3,(H,34,35)/t24-,25-,26+,33-/m1/s1. The summed E-state index contributed by atoms with van der Waals surface area (Å²) in [7, 11) is 3.35. The smallest absolute Gasteiger partial charge is 0.341 e. The van der Waals surface area contributed by atoms with E-state index in [0.29, 0.717) is 34.9 Å². The highest BCUT2D eigenvalue weighted by molar-refractivity contribution is 7.17. The summed E-state index contributed by atoms with van der Waals surface area (Å²) in [6, 6.07) is 14.1. The molecule has 2 aromatic carbocycles. The zero-order valence-electron chi connectivity index (χ0n) is 23.7. The number of ether oxygens (including phenoxy) is 3. The number of carbonyl (C=O) groups is 2. The third-order valence-electron chi connectivity index (χ3n) is 9.54. The van der Waals surface area contributed by atoms with E-state index in [-0.39, 0.29) is 23.7 Å². The summed E-state index contributed by atoms with van der Waals surface area (Å²) in [5.74, 6) is 2.80. The van der Waals surface area contributed by atoms with Crippen LogP contribution in [0, 0.1) is 11.8 Å². The lowest BCUT2D eigenvalue weighted by Gasteiger charge is -2.49. The SMILES string of the molecule is CCOC(=O)c1c(NC(=O)Cc2ccc(OC)cc2)sc2c1[C@]1(C)CC[C@@H]3c4ccc(OC)cc4CC[C@H]3[C@@H]1C2. The van der Waals surface area contributed by atoms with Gasteiger partial charge in [0.15, 0.2) is 0 Å². The Morgan fingerprint density at radius 2 is 1.80 bits per heavy atom. The van der Waals surface area contributed by atoms with E-state index < -0.39 is 0 Å². The second-order valence-electron chi connectivity index (χ2n) is 11.5. The highest BCUT2D eigenvalue weighted by Gasteiger charge is 2.55. The highest BCUT2D eigenvalue weighted by Crippen LogP contribution is 2.63. The number of esters is 1. The first kappa shape index (κ1) is 26.9. The fourth-order valence-electron chi connectivity index (χ4n) is 7.70. The summed E-state index contributed by atoms with van der Waals surface area (Å²) < 4.78 is 16.3. The molecule has 4 atom stereocenters. The van der Waals surface area contributed by atoms with Gasteiger partial charge < -0.3 is 19.5 Å². The molecule has 0 radical (unpaired) electrons. The van der Waals surface area contributed by atoms with E-state index in [4.69, 9.17) is 14.2 Å². The Balaban J connectivity index is 1.29. The third kappa shape index (κ3) is 4.48. The quantitative estimate of drug-likeness (QED) is 0.327. The van der Waals surface area contributed by atoms with Crippen LogP contribution in [0.3, 0.4) is 0 Å². The van der Waals surface area contributed by atoms with Crippen molar-refractivity contribution in [3.63, 3.8) is 0 Å². The Labute approximate surface area is 240 Å². The second kappa shape index (κ2) is 10.6. The van der Waals surface area contributed by atoms with Crippen molar-refractivity contribution in [1.82, 2.24) is 0 Å². The van der Waals surface area contributed by atoms with E-state index in [1.165, 1.54) is 16.0 Å². The average molecular weight is 560 g/mol. The topological polar surface area (TPSA) is 73.9 Å². The molecule has 3 aliphatic rings. The molecular weight excluding hydrogens is 522 g/mol. The lowest BCUT2D eigenvalue weighted by molar-refractivity contribution is -0.115. The number of amides is 1. The molecule has 7 heteroatoms. The normalized spacial score (nSPS) is 24.2. The van der Waals surface area contributed by atoms with Gasteiger partial charge in [-0.3, -0.25) is 4.79 Å². The summed E-state index contributed by atoms with van der Waals surface area (Å²) in [6.07, 6.45) is 5.49. The van der Waals surface area contributed by atoms with Gasteiger partial charge in [0, 0.05) is 4.88 Å². The fraction of sp³-hybridized carbons (Fsp3) is 0.455. The largest absolute Gasteiger partial charge is 0.497 e. The van der Waals surface area contributed by atoms with Crippen LogP contribution in [0.25, 0.3) is 0 Å². The van der Waals surface area contributed by atoms with E-state index in [9.17, 15) is 9.59 Å². The zero-order chi connectivity index (χ0) is 28.0. The number of fused-ring (bicyclic) bond motifs is 7. The summed E-state index contributed by atoms with van der Waals surface area (Å²) in [4.78, 5) is 27.8. The minimum absolute atomic E-state index is 0.113. The second-order valence-corrected chi connectivity index (χ2v) is 12.6. The highest BCUT2D eigenvalue weighted by atomic mass is 32.1. The first-order valence-electron chi connectivity index (χ1n) is 14.3. The van der Waals surface area contributed by atoms with E-state index in [1.54, 1.807) is 25.6 Å². The number of hydrogen-bond acceptors (Lipinski definition) is 6. The molecule has 3 aromatic rings. The fourth-order valence-corrected chi connectivity index (χ4v) is 9.10. The van der Waals surface area contributed by atoms with Crippen LogP contribution in [0.1, 0.15) is 76.5 Å². The Morgan fingerprint density at radius 1 is 1.05 bits per heavy atom. The molecular formula is C33H37NO5S. The Morgan fingerprint density at radius 3 is 2.52 bits per heavy atom. The van der Waals surface area contributed by atoms with Crippen molar-refractivity contribution in [1.29, 1.82) is 0 Å². The molecule has 6 rings (SSSR count). The molecule has 1 N–H and O–H groups in total. The number of hydrogen-bond donors (Lipinski definition) is 1. The van der Waals surface area contributed by atoms with Gasteiger partial charge in [0.2, 0.25) is 5.91 Å². The number of nitrogens with one attached hydrogen (secondary N) is 1. The van der Waals surface area contributed by atoms with Crippen LogP contribution in [0.2, 0.25) is 0 Å². The van der Waals surface area contributed by atoms with E-state index >= 15 is 0 Å². The zero-order valence-corrected chi connectivity index (χ0v) is 24.5. The van der Waals surface area contributed by atoms with E-state index in [2.05, 4.69) is 30.4 Å². The monoisotopic (exact) mass is 559 g/mol.